The van der Waals surface area contributed by atoms with Crippen LogP contribution in [0.5, 0.6) is 5.75 Å². The van der Waals surface area contributed by atoms with Crippen LogP contribution in [0.3, 0.4) is 0 Å². The van der Waals surface area contributed by atoms with Crippen molar-refractivity contribution in [2.45, 2.75) is 26.7 Å². The van der Waals surface area contributed by atoms with E-state index in [1.54, 1.807) is 0 Å². The highest BCUT2D eigenvalue weighted by molar-refractivity contribution is 5.69. The van der Waals surface area contributed by atoms with Crippen molar-refractivity contribution in [1.29, 1.82) is 0 Å². The van der Waals surface area contributed by atoms with Gasteiger partial charge in [-0.05, 0) is 36.9 Å². The lowest BCUT2D eigenvalue weighted by Crippen LogP contribution is -2.22. The lowest BCUT2D eigenvalue weighted by Gasteiger charge is -2.16. The van der Waals surface area contributed by atoms with Crippen molar-refractivity contribution in [1.82, 2.24) is 0 Å². The predicted octanol–water partition coefficient (Wildman–Crippen LogP) is 2.62. The molecule has 1 unspecified atom stereocenters. The molecular formula is C16H25NO3. The SMILES string of the molecule is CC(C)CC(CN)CC(=O)OCCOc1ccccc1. The number of carbonyl (C=O) groups is 1. The van der Waals surface area contributed by atoms with Crippen LogP contribution in [0.2, 0.25) is 0 Å². The molecule has 4 heteroatoms. The third-order valence-electron chi connectivity index (χ3n) is 2.95. The molecule has 1 rings (SSSR count). The Hall–Kier alpha value is -1.55. The van der Waals surface area contributed by atoms with Gasteiger partial charge in [-0.15, -0.1) is 0 Å². The molecule has 1 aromatic rings. The second-order valence-corrected chi connectivity index (χ2v) is 5.32. The minimum Gasteiger partial charge on any atom is -0.490 e. The number of hydrogen-bond donors (Lipinski definition) is 1. The maximum absolute atomic E-state index is 11.7. The zero-order chi connectivity index (χ0) is 14.8. The summed E-state index contributed by atoms with van der Waals surface area (Å²) in [4.78, 5) is 11.7. The highest BCUT2D eigenvalue weighted by Gasteiger charge is 2.14. The molecule has 0 aliphatic rings. The summed E-state index contributed by atoms with van der Waals surface area (Å²) in [6.07, 6.45) is 1.34. The average Bonchev–Trinajstić information content (AvgIpc) is 2.43. The molecule has 0 saturated heterocycles. The van der Waals surface area contributed by atoms with E-state index >= 15 is 0 Å². The lowest BCUT2D eigenvalue weighted by molar-refractivity contribution is -0.145. The lowest BCUT2D eigenvalue weighted by atomic mass is 9.94. The van der Waals surface area contributed by atoms with Crippen LogP contribution in [0, 0.1) is 11.8 Å². The molecule has 112 valence electrons. The number of ether oxygens (including phenoxy) is 2. The fourth-order valence-corrected chi connectivity index (χ4v) is 2.06. The molecule has 0 fully saturated rings. The Labute approximate surface area is 121 Å². The Balaban J connectivity index is 2.16. The van der Waals surface area contributed by atoms with Gasteiger partial charge in [-0.25, -0.2) is 0 Å². The molecule has 0 spiro atoms. The second-order valence-electron chi connectivity index (χ2n) is 5.32. The fourth-order valence-electron chi connectivity index (χ4n) is 2.06. The Morgan fingerprint density at radius 1 is 1.20 bits per heavy atom. The highest BCUT2D eigenvalue weighted by atomic mass is 16.6. The van der Waals surface area contributed by atoms with Crippen molar-refractivity contribution in [3.8, 4) is 5.75 Å². The topological polar surface area (TPSA) is 61.6 Å². The standard InChI is InChI=1S/C16H25NO3/c1-13(2)10-14(12-17)11-16(18)20-9-8-19-15-6-4-3-5-7-15/h3-7,13-14H,8-12,17H2,1-2H3. The number of benzene rings is 1. The third-order valence-corrected chi connectivity index (χ3v) is 2.95. The second kappa shape index (κ2) is 9.37. The average molecular weight is 279 g/mol. The van der Waals surface area contributed by atoms with E-state index in [1.165, 1.54) is 0 Å². The van der Waals surface area contributed by atoms with E-state index in [9.17, 15) is 4.79 Å². The molecule has 1 aromatic carbocycles. The number of para-hydroxylation sites is 1. The van der Waals surface area contributed by atoms with Crippen molar-refractivity contribution >= 4 is 5.97 Å². The summed E-state index contributed by atoms with van der Waals surface area (Å²) in [5, 5.41) is 0. The Morgan fingerprint density at radius 3 is 2.50 bits per heavy atom. The van der Waals surface area contributed by atoms with Gasteiger partial charge in [0, 0.05) is 6.42 Å². The van der Waals surface area contributed by atoms with Crippen molar-refractivity contribution in [3.05, 3.63) is 30.3 Å². The summed E-state index contributed by atoms with van der Waals surface area (Å²) in [5.74, 6) is 1.33. The van der Waals surface area contributed by atoms with Crippen LogP contribution in [0.25, 0.3) is 0 Å². The van der Waals surface area contributed by atoms with Gasteiger partial charge in [0.1, 0.15) is 19.0 Å². The van der Waals surface area contributed by atoms with E-state index in [0.717, 1.165) is 12.2 Å². The van der Waals surface area contributed by atoms with Gasteiger partial charge in [0.15, 0.2) is 0 Å². The van der Waals surface area contributed by atoms with E-state index in [4.69, 9.17) is 15.2 Å². The zero-order valence-electron chi connectivity index (χ0n) is 12.4. The molecule has 20 heavy (non-hydrogen) atoms. The summed E-state index contributed by atoms with van der Waals surface area (Å²) in [5.41, 5.74) is 5.67. The van der Waals surface area contributed by atoms with Crippen LogP contribution in [0.4, 0.5) is 0 Å². The molecule has 0 amide bonds. The van der Waals surface area contributed by atoms with Crippen molar-refractivity contribution in [2.75, 3.05) is 19.8 Å². The summed E-state index contributed by atoms with van der Waals surface area (Å²) >= 11 is 0. The van der Waals surface area contributed by atoms with E-state index in [0.29, 0.717) is 25.5 Å². The Kier molecular flexibility index (Phi) is 7.73. The molecule has 0 aliphatic heterocycles. The molecule has 0 aromatic heterocycles. The summed E-state index contributed by atoms with van der Waals surface area (Å²) in [6, 6.07) is 9.47. The monoisotopic (exact) mass is 279 g/mol. The first-order chi connectivity index (χ1) is 9.61. The van der Waals surface area contributed by atoms with Gasteiger partial charge in [0.2, 0.25) is 0 Å². The fraction of sp³-hybridized carbons (Fsp3) is 0.562. The molecule has 1 atom stereocenters. The van der Waals surface area contributed by atoms with Gasteiger partial charge in [-0.1, -0.05) is 32.0 Å². The van der Waals surface area contributed by atoms with Crippen LogP contribution in [-0.4, -0.2) is 25.7 Å². The maximum atomic E-state index is 11.7. The van der Waals surface area contributed by atoms with Gasteiger partial charge < -0.3 is 15.2 Å². The van der Waals surface area contributed by atoms with Gasteiger partial charge in [-0.3, -0.25) is 4.79 Å². The number of carbonyl (C=O) groups excluding carboxylic acids is 1. The van der Waals surface area contributed by atoms with Crippen LogP contribution < -0.4 is 10.5 Å². The normalized spacial score (nSPS) is 12.2. The van der Waals surface area contributed by atoms with Crippen LogP contribution in [-0.2, 0) is 9.53 Å². The number of nitrogens with two attached hydrogens (primary N) is 1. The van der Waals surface area contributed by atoms with Crippen LogP contribution >= 0.6 is 0 Å². The van der Waals surface area contributed by atoms with Gasteiger partial charge >= 0.3 is 5.97 Å². The predicted molar refractivity (Wildman–Crippen MR) is 79.5 cm³/mol. The number of rotatable bonds is 9. The molecule has 0 bridgehead atoms. The Morgan fingerprint density at radius 2 is 1.90 bits per heavy atom. The van der Waals surface area contributed by atoms with Gasteiger partial charge in [0.05, 0.1) is 0 Å². The number of esters is 1. The Bertz CT molecular complexity index is 379. The van der Waals surface area contributed by atoms with Crippen molar-refractivity contribution in [2.24, 2.45) is 17.6 Å². The molecule has 4 nitrogen and oxygen atoms in total. The summed E-state index contributed by atoms with van der Waals surface area (Å²) < 4.78 is 10.6. The first-order valence-corrected chi connectivity index (χ1v) is 7.15. The van der Waals surface area contributed by atoms with Gasteiger partial charge in [0.25, 0.3) is 0 Å². The highest BCUT2D eigenvalue weighted by Crippen LogP contribution is 2.14. The maximum Gasteiger partial charge on any atom is 0.306 e. The molecule has 0 radical (unpaired) electrons. The minimum absolute atomic E-state index is 0.197. The minimum atomic E-state index is -0.197. The quantitative estimate of drug-likeness (QED) is 0.557. The zero-order valence-corrected chi connectivity index (χ0v) is 12.4. The van der Waals surface area contributed by atoms with Crippen LogP contribution in [0.1, 0.15) is 26.7 Å². The molecule has 0 aliphatic carbocycles. The van der Waals surface area contributed by atoms with E-state index in [2.05, 4.69) is 13.8 Å². The van der Waals surface area contributed by atoms with E-state index in [1.807, 2.05) is 30.3 Å². The molecule has 2 N–H and O–H groups in total. The van der Waals surface area contributed by atoms with Crippen molar-refractivity contribution < 1.29 is 14.3 Å². The molecule has 0 heterocycles. The first-order valence-electron chi connectivity index (χ1n) is 7.15. The molecule has 0 saturated carbocycles. The first kappa shape index (κ1) is 16.5. The number of hydrogen-bond acceptors (Lipinski definition) is 4. The smallest absolute Gasteiger partial charge is 0.306 e. The van der Waals surface area contributed by atoms with E-state index < -0.39 is 0 Å². The van der Waals surface area contributed by atoms with Crippen molar-refractivity contribution in [3.63, 3.8) is 0 Å². The van der Waals surface area contributed by atoms with Gasteiger partial charge in [-0.2, -0.15) is 0 Å². The summed E-state index contributed by atoms with van der Waals surface area (Å²) in [6.45, 7) is 5.41. The largest absolute Gasteiger partial charge is 0.490 e. The third kappa shape index (κ3) is 7.14. The summed E-state index contributed by atoms with van der Waals surface area (Å²) in [7, 11) is 0. The molecular weight excluding hydrogens is 254 g/mol. The van der Waals surface area contributed by atoms with E-state index in [-0.39, 0.29) is 18.5 Å². The van der Waals surface area contributed by atoms with Crippen LogP contribution in [0.15, 0.2) is 30.3 Å².